The zero-order valence-corrected chi connectivity index (χ0v) is 15.3. The van der Waals surface area contributed by atoms with Crippen LogP contribution in [0, 0.1) is 23.2 Å². The second kappa shape index (κ2) is 8.87. The van der Waals surface area contributed by atoms with E-state index in [1.54, 1.807) is 31.2 Å². The molecular weight excluding hydrogens is 326 g/mol. The molecule has 4 nitrogen and oxygen atoms in total. The quantitative estimate of drug-likeness (QED) is 0.493. The van der Waals surface area contributed by atoms with E-state index in [0.29, 0.717) is 17.1 Å². The Labute approximate surface area is 154 Å². The first-order chi connectivity index (χ1) is 12.4. The smallest absolute Gasteiger partial charge is 0.314 e. The molecule has 2 aromatic carbocycles. The number of ether oxygens (including phenoxy) is 2. The van der Waals surface area contributed by atoms with Gasteiger partial charge in [0.05, 0.1) is 5.92 Å². The standard InChI is InChI=1S/C22H23NO3/c1-15(2)21(16(3)4)22(24)26-20(14-23)17-9-8-12-19(13-17)25-18-10-6-5-7-11-18/h5-13,16,20-21H,1H2,2-4H3. The fourth-order valence-corrected chi connectivity index (χ4v) is 2.77. The lowest BCUT2D eigenvalue weighted by Crippen LogP contribution is -2.25. The Morgan fingerprint density at radius 3 is 2.31 bits per heavy atom. The summed E-state index contributed by atoms with van der Waals surface area (Å²) in [7, 11) is 0. The number of para-hydroxylation sites is 1. The van der Waals surface area contributed by atoms with Crippen LogP contribution in [0.5, 0.6) is 11.5 Å². The molecule has 0 fully saturated rings. The van der Waals surface area contributed by atoms with Gasteiger partial charge in [0.1, 0.15) is 17.6 Å². The van der Waals surface area contributed by atoms with Gasteiger partial charge < -0.3 is 9.47 Å². The molecule has 0 aromatic heterocycles. The Morgan fingerprint density at radius 1 is 1.08 bits per heavy atom. The molecule has 134 valence electrons. The summed E-state index contributed by atoms with van der Waals surface area (Å²) >= 11 is 0. The monoisotopic (exact) mass is 349 g/mol. The molecular formula is C22H23NO3. The van der Waals surface area contributed by atoms with Crippen LogP contribution < -0.4 is 4.74 Å². The summed E-state index contributed by atoms with van der Waals surface area (Å²) in [6.07, 6.45) is -0.998. The van der Waals surface area contributed by atoms with Gasteiger partial charge in [0, 0.05) is 5.56 Å². The number of esters is 1. The van der Waals surface area contributed by atoms with Crippen molar-refractivity contribution in [2.75, 3.05) is 0 Å². The van der Waals surface area contributed by atoms with Gasteiger partial charge in [0.25, 0.3) is 0 Å². The highest BCUT2D eigenvalue weighted by molar-refractivity contribution is 5.76. The van der Waals surface area contributed by atoms with E-state index >= 15 is 0 Å². The van der Waals surface area contributed by atoms with Crippen LogP contribution in [0.3, 0.4) is 0 Å². The molecule has 2 unspecified atom stereocenters. The highest BCUT2D eigenvalue weighted by atomic mass is 16.5. The lowest BCUT2D eigenvalue weighted by molar-refractivity contribution is -0.151. The van der Waals surface area contributed by atoms with E-state index in [1.807, 2.05) is 50.2 Å². The molecule has 4 heteroatoms. The Balaban J connectivity index is 2.17. The third-order valence-electron chi connectivity index (χ3n) is 3.94. The SMILES string of the molecule is C=C(C)C(C(=O)OC(C#N)c1cccc(Oc2ccccc2)c1)C(C)C. The van der Waals surface area contributed by atoms with Gasteiger partial charge in [0.2, 0.25) is 6.10 Å². The summed E-state index contributed by atoms with van der Waals surface area (Å²) in [6, 6.07) is 18.4. The predicted molar refractivity (Wildman–Crippen MR) is 101 cm³/mol. The fourth-order valence-electron chi connectivity index (χ4n) is 2.77. The van der Waals surface area contributed by atoms with E-state index in [0.717, 1.165) is 5.57 Å². The third-order valence-corrected chi connectivity index (χ3v) is 3.94. The maximum Gasteiger partial charge on any atom is 0.314 e. The number of benzene rings is 2. The second-order valence-corrected chi connectivity index (χ2v) is 6.50. The van der Waals surface area contributed by atoms with Crippen molar-refractivity contribution in [2.45, 2.75) is 26.9 Å². The van der Waals surface area contributed by atoms with Crippen LogP contribution >= 0.6 is 0 Å². The number of carbonyl (C=O) groups is 1. The third kappa shape index (κ3) is 4.97. The summed E-state index contributed by atoms with van der Waals surface area (Å²) < 4.78 is 11.2. The van der Waals surface area contributed by atoms with Gasteiger partial charge >= 0.3 is 5.97 Å². The van der Waals surface area contributed by atoms with Crippen LogP contribution in [0.15, 0.2) is 66.7 Å². The van der Waals surface area contributed by atoms with Crippen molar-refractivity contribution in [3.05, 3.63) is 72.3 Å². The fraction of sp³-hybridized carbons (Fsp3) is 0.273. The Kier molecular flexibility index (Phi) is 6.57. The van der Waals surface area contributed by atoms with Crippen molar-refractivity contribution in [3.8, 4) is 17.6 Å². The van der Waals surface area contributed by atoms with Crippen molar-refractivity contribution in [1.29, 1.82) is 5.26 Å². The van der Waals surface area contributed by atoms with Crippen LogP contribution in [0.25, 0.3) is 0 Å². The average Bonchev–Trinajstić information content (AvgIpc) is 2.60. The van der Waals surface area contributed by atoms with Gasteiger partial charge in [-0.3, -0.25) is 4.79 Å². The molecule has 0 aliphatic heterocycles. The molecule has 0 N–H and O–H groups in total. The molecule has 0 aliphatic carbocycles. The average molecular weight is 349 g/mol. The van der Waals surface area contributed by atoms with Gasteiger partial charge in [-0.15, -0.1) is 0 Å². The summed E-state index contributed by atoms with van der Waals surface area (Å²) in [5, 5.41) is 9.48. The first-order valence-corrected chi connectivity index (χ1v) is 8.50. The van der Waals surface area contributed by atoms with Crippen LogP contribution in [0.1, 0.15) is 32.4 Å². The number of hydrogen-bond donors (Lipinski definition) is 0. The minimum atomic E-state index is -0.998. The highest BCUT2D eigenvalue weighted by Crippen LogP contribution is 2.28. The molecule has 0 amide bonds. The van der Waals surface area contributed by atoms with E-state index < -0.39 is 18.0 Å². The van der Waals surface area contributed by atoms with Crippen LogP contribution in [0.2, 0.25) is 0 Å². The van der Waals surface area contributed by atoms with Gasteiger partial charge in [0.15, 0.2) is 0 Å². The van der Waals surface area contributed by atoms with Gasteiger partial charge in [-0.25, -0.2) is 0 Å². The Bertz CT molecular complexity index is 806. The number of nitriles is 1. The van der Waals surface area contributed by atoms with Crippen LogP contribution in [-0.2, 0) is 9.53 Å². The lowest BCUT2D eigenvalue weighted by atomic mass is 9.90. The summed E-state index contributed by atoms with van der Waals surface area (Å²) in [5.41, 5.74) is 1.29. The molecule has 2 aromatic rings. The van der Waals surface area contributed by atoms with Crippen molar-refractivity contribution in [3.63, 3.8) is 0 Å². The van der Waals surface area contributed by atoms with Crippen LogP contribution in [0.4, 0.5) is 0 Å². The summed E-state index contributed by atoms with van der Waals surface area (Å²) in [4.78, 5) is 12.5. The number of nitrogens with zero attached hydrogens (tertiary/aromatic N) is 1. The minimum Gasteiger partial charge on any atom is -0.457 e. The maximum absolute atomic E-state index is 12.5. The van der Waals surface area contributed by atoms with E-state index in [4.69, 9.17) is 9.47 Å². The number of carbonyl (C=O) groups excluding carboxylic acids is 1. The number of rotatable bonds is 7. The molecule has 0 aliphatic rings. The van der Waals surface area contributed by atoms with E-state index in [2.05, 4.69) is 6.58 Å². The van der Waals surface area contributed by atoms with Crippen molar-refractivity contribution in [1.82, 2.24) is 0 Å². The molecule has 0 bridgehead atoms. The molecule has 26 heavy (non-hydrogen) atoms. The van der Waals surface area contributed by atoms with E-state index in [9.17, 15) is 10.1 Å². The van der Waals surface area contributed by atoms with Crippen molar-refractivity contribution in [2.24, 2.45) is 11.8 Å². The zero-order chi connectivity index (χ0) is 19.1. The maximum atomic E-state index is 12.5. The van der Waals surface area contributed by atoms with Crippen molar-refractivity contribution >= 4 is 5.97 Å². The zero-order valence-electron chi connectivity index (χ0n) is 15.3. The van der Waals surface area contributed by atoms with Gasteiger partial charge in [-0.1, -0.05) is 56.3 Å². The van der Waals surface area contributed by atoms with Gasteiger partial charge in [-0.2, -0.15) is 5.26 Å². The normalized spacial score (nSPS) is 12.7. The predicted octanol–water partition coefficient (Wildman–Crippen LogP) is 5.44. The topological polar surface area (TPSA) is 59.3 Å². The summed E-state index contributed by atoms with van der Waals surface area (Å²) in [6.45, 7) is 9.51. The highest BCUT2D eigenvalue weighted by Gasteiger charge is 2.27. The molecule has 0 saturated carbocycles. The Hall–Kier alpha value is -3.06. The first-order valence-electron chi connectivity index (χ1n) is 8.50. The second-order valence-electron chi connectivity index (χ2n) is 6.50. The number of hydrogen-bond acceptors (Lipinski definition) is 4. The molecule has 2 atom stereocenters. The Morgan fingerprint density at radius 2 is 1.73 bits per heavy atom. The van der Waals surface area contributed by atoms with Gasteiger partial charge in [-0.05, 0) is 37.1 Å². The molecule has 2 rings (SSSR count). The largest absolute Gasteiger partial charge is 0.457 e. The van der Waals surface area contributed by atoms with E-state index in [-0.39, 0.29) is 5.92 Å². The lowest BCUT2D eigenvalue weighted by Gasteiger charge is -2.21. The molecule has 0 spiro atoms. The first kappa shape index (κ1) is 19.3. The summed E-state index contributed by atoms with van der Waals surface area (Å²) in [5.74, 6) is 0.442. The van der Waals surface area contributed by atoms with Crippen LogP contribution in [-0.4, -0.2) is 5.97 Å². The van der Waals surface area contributed by atoms with Crippen molar-refractivity contribution < 1.29 is 14.3 Å². The van der Waals surface area contributed by atoms with E-state index in [1.165, 1.54) is 0 Å². The molecule has 0 radical (unpaired) electrons. The molecule has 0 saturated heterocycles. The minimum absolute atomic E-state index is 0.0482. The molecule has 0 heterocycles.